The molecule has 0 bridgehead atoms. The van der Waals surface area contributed by atoms with Crippen LogP contribution in [0.2, 0.25) is 0 Å². The molecule has 1 saturated heterocycles. The molecule has 2 aromatic rings. The number of carbonyl (C=O) groups is 1. The van der Waals surface area contributed by atoms with E-state index < -0.39 is 0 Å². The van der Waals surface area contributed by atoms with Crippen molar-refractivity contribution in [1.82, 2.24) is 35.2 Å². The van der Waals surface area contributed by atoms with E-state index in [2.05, 4.69) is 39.7 Å². The van der Waals surface area contributed by atoms with E-state index in [0.29, 0.717) is 25.4 Å². The molecule has 3 heterocycles. The van der Waals surface area contributed by atoms with Crippen LogP contribution in [0, 0.1) is 13.8 Å². The molecule has 0 aromatic carbocycles. The number of likely N-dealkylation sites (N-methyl/N-ethyl adjacent to an activating group) is 1. The van der Waals surface area contributed by atoms with Gasteiger partial charge in [-0.2, -0.15) is 0 Å². The smallest absolute Gasteiger partial charge is 0.222 e. The molecule has 0 N–H and O–H groups in total. The fourth-order valence-electron chi connectivity index (χ4n) is 4.90. The van der Waals surface area contributed by atoms with Crippen LogP contribution in [0.25, 0.3) is 0 Å². The Balaban J connectivity index is 1.49. The van der Waals surface area contributed by atoms with E-state index in [1.165, 1.54) is 12.8 Å². The summed E-state index contributed by atoms with van der Waals surface area (Å²) in [5.41, 5.74) is 1.57. The Bertz CT molecular complexity index is 849. The molecule has 9 heteroatoms. The van der Waals surface area contributed by atoms with E-state index >= 15 is 0 Å². The van der Waals surface area contributed by atoms with Crippen LogP contribution in [0.4, 0.5) is 0 Å². The van der Waals surface area contributed by atoms with Gasteiger partial charge in [0.15, 0.2) is 5.82 Å². The predicted octanol–water partition coefficient (Wildman–Crippen LogP) is 2.02. The minimum Gasteiger partial charge on any atom is -0.361 e. The summed E-state index contributed by atoms with van der Waals surface area (Å²) in [6, 6.07) is 0.376. The highest BCUT2D eigenvalue weighted by Gasteiger charge is 2.47. The predicted molar refractivity (Wildman–Crippen MR) is 106 cm³/mol. The Morgan fingerprint density at radius 3 is 2.69 bits per heavy atom. The summed E-state index contributed by atoms with van der Waals surface area (Å²) in [5, 5.41) is 16.8. The summed E-state index contributed by atoms with van der Waals surface area (Å²) in [5.74, 6) is 1.86. The van der Waals surface area contributed by atoms with Gasteiger partial charge in [0.1, 0.15) is 11.3 Å². The summed E-state index contributed by atoms with van der Waals surface area (Å²) in [4.78, 5) is 17.1. The highest BCUT2D eigenvalue weighted by atomic mass is 16.5. The van der Waals surface area contributed by atoms with Gasteiger partial charge in [-0.15, -0.1) is 5.10 Å². The Hall–Kier alpha value is -2.29. The van der Waals surface area contributed by atoms with Gasteiger partial charge in [-0.3, -0.25) is 9.69 Å². The lowest BCUT2D eigenvalue weighted by Gasteiger charge is -2.35. The molecular weight excluding hydrogens is 370 g/mol. The van der Waals surface area contributed by atoms with E-state index in [4.69, 9.17) is 4.52 Å². The highest BCUT2D eigenvalue weighted by molar-refractivity contribution is 5.77. The summed E-state index contributed by atoms with van der Waals surface area (Å²) in [6.45, 7) is 5.16. The Morgan fingerprint density at radius 1 is 1.28 bits per heavy atom. The molecule has 29 heavy (non-hydrogen) atoms. The highest BCUT2D eigenvalue weighted by Crippen LogP contribution is 2.38. The van der Waals surface area contributed by atoms with Crippen LogP contribution in [0.3, 0.4) is 0 Å². The number of likely N-dealkylation sites (tertiary alicyclic amines) is 1. The number of rotatable bonds is 6. The maximum Gasteiger partial charge on any atom is 0.222 e. The first-order valence-electron chi connectivity index (χ1n) is 10.6. The zero-order valence-electron chi connectivity index (χ0n) is 17.9. The summed E-state index contributed by atoms with van der Waals surface area (Å²) >= 11 is 0. The summed E-state index contributed by atoms with van der Waals surface area (Å²) in [6.07, 6.45) is 6.66. The molecule has 1 unspecified atom stereocenters. The van der Waals surface area contributed by atoms with E-state index in [9.17, 15) is 4.79 Å². The second-order valence-corrected chi connectivity index (χ2v) is 8.68. The first kappa shape index (κ1) is 20.0. The molecule has 1 aliphatic heterocycles. The molecule has 1 saturated carbocycles. The van der Waals surface area contributed by atoms with Gasteiger partial charge in [0.2, 0.25) is 5.91 Å². The van der Waals surface area contributed by atoms with Crippen molar-refractivity contribution < 1.29 is 9.32 Å². The lowest BCUT2D eigenvalue weighted by molar-refractivity contribution is -0.130. The zero-order chi connectivity index (χ0) is 20.6. The zero-order valence-corrected chi connectivity index (χ0v) is 17.9. The molecule has 4 rings (SSSR count). The number of aromatic nitrogens is 5. The van der Waals surface area contributed by atoms with Crippen molar-refractivity contribution in [2.75, 3.05) is 27.2 Å². The number of hydrogen-bond donors (Lipinski definition) is 0. The number of nitrogens with zero attached hydrogens (tertiary/aromatic N) is 7. The quantitative estimate of drug-likeness (QED) is 0.731. The number of tetrazole rings is 1. The van der Waals surface area contributed by atoms with Crippen LogP contribution in [-0.4, -0.2) is 68.3 Å². The van der Waals surface area contributed by atoms with Crippen molar-refractivity contribution >= 4 is 5.91 Å². The number of hydrogen-bond acceptors (Lipinski definition) is 7. The van der Waals surface area contributed by atoms with Crippen molar-refractivity contribution in [2.24, 2.45) is 0 Å². The lowest BCUT2D eigenvalue weighted by atomic mass is 9.95. The molecular formula is C20H31N7O2. The second kappa shape index (κ2) is 7.85. The van der Waals surface area contributed by atoms with Crippen molar-refractivity contribution in [1.29, 1.82) is 0 Å². The average molecular weight is 402 g/mol. The maximum atomic E-state index is 13.0. The SMILES string of the molecule is Cc1noc(C)c1CCC(=O)N1CCC(c2nnnn2C2CCCC2)(N(C)C)C1. The molecule has 158 valence electrons. The fraction of sp³-hybridized carbons (Fsp3) is 0.750. The van der Waals surface area contributed by atoms with Crippen molar-refractivity contribution in [2.45, 2.75) is 70.4 Å². The van der Waals surface area contributed by atoms with Gasteiger partial charge in [-0.05, 0) is 64.1 Å². The molecule has 2 aromatic heterocycles. The van der Waals surface area contributed by atoms with E-state index in [0.717, 1.165) is 48.6 Å². The van der Waals surface area contributed by atoms with E-state index in [-0.39, 0.29) is 11.4 Å². The molecule has 1 aliphatic carbocycles. The normalized spacial score (nSPS) is 22.9. The van der Waals surface area contributed by atoms with Crippen molar-refractivity contribution in [3.63, 3.8) is 0 Å². The largest absolute Gasteiger partial charge is 0.361 e. The van der Waals surface area contributed by atoms with Crippen molar-refractivity contribution in [3.8, 4) is 0 Å². The third kappa shape index (κ3) is 3.56. The molecule has 9 nitrogen and oxygen atoms in total. The molecule has 2 aliphatic rings. The van der Waals surface area contributed by atoms with Crippen LogP contribution in [-0.2, 0) is 16.8 Å². The van der Waals surface area contributed by atoms with Gasteiger partial charge in [0.05, 0.1) is 11.7 Å². The van der Waals surface area contributed by atoms with Crippen LogP contribution in [0.5, 0.6) is 0 Å². The van der Waals surface area contributed by atoms with Gasteiger partial charge in [-0.25, -0.2) is 4.68 Å². The maximum absolute atomic E-state index is 13.0. The molecule has 0 spiro atoms. The number of aryl methyl sites for hydroxylation is 2. The molecule has 1 amide bonds. The second-order valence-electron chi connectivity index (χ2n) is 8.68. The summed E-state index contributed by atoms with van der Waals surface area (Å²) < 4.78 is 7.25. The van der Waals surface area contributed by atoms with E-state index in [1.54, 1.807) is 0 Å². The minimum atomic E-state index is -0.342. The number of carbonyl (C=O) groups excluding carboxylic acids is 1. The fourth-order valence-corrected chi connectivity index (χ4v) is 4.90. The molecule has 1 atom stereocenters. The average Bonchev–Trinajstić information content (AvgIpc) is 3.47. The lowest BCUT2D eigenvalue weighted by Crippen LogP contribution is -2.47. The van der Waals surface area contributed by atoms with Gasteiger partial charge >= 0.3 is 0 Å². The summed E-state index contributed by atoms with van der Waals surface area (Å²) in [7, 11) is 4.12. The first-order valence-corrected chi connectivity index (χ1v) is 10.6. The monoisotopic (exact) mass is 401 g/mol. The number of amides is 1. The van der Waals surface area contributed by atoms with Gasteiger partial charge in [0.25, 0.3) is 0 Å². The van der Waals surface area contributed by atoms with E-state index in [1.807, 2.05) is 23.4 Å². The third-order valence-corrected chi connectivity index (χ3v) is 6.81. The first-order chi connectivity index (χ1) is 13.9. The van der Waals surface area contributed by atoms with Crippen LogP contribution in [0.15, 0.2) is 4.52 Å². The van der Waals surface area contributed by atoms with Gasteiger partial charge < -0.3 is 9.42 Å². The molecule has 2 fully saturated rings. The van der Waals surface area contributed by atoms with Gasteiger partial charge in [-0.1, -0.05) is 18.0 Å². The van der Waals surface area contributed by atoms with Crippen LogP contribution < -0.4 is 0 Å². The third-order valence-electron chi connectivity index (χ3n) is 6.81. The topological polar surface area (TPSA) is 93.2 Å². The van der Waals surface area contributed by atoms with Crippen LogP contribution >= 0.6 is 0 Å². The Labute approximate surface area is 171 Å². The molecule has 0 radical (unpaired) electrons. The minimum absolute atomic E-state index is 0.161. The van der Waals surface area contributed by atoms with Crippen molar-refractivity contribution in [3.05, 3.63) is 22.8 Å². The Morgan fingerprint density at radius 2 is 2.03 bits per heavy atom. The standard InChI is InChI=1S/C20H31N7O2/c1-14-17(15(2)29-22-14)9-10-18(28)26-12-11-20(13-26,25(3)4)19-21-23-24-27(19)16-7-5-6-8-16/h16H,5-13H2,1-4H3. The van der Waals surface area contributed by atoms with Gasteiger partial charge in [0, 0.05) is 25.1 Å². The Kier molecular flexibility index (Phi) is 5.42. The van der Waals surface area contributed by atoms with Crippen LogP contribution in [0.1, 0.15) is 67.4 Å².